The lowest BCUT2D eigenvalue weighted by atomic mass is 10.0. The number of anilines is 2. The van der Waals surface area contributed by atoms with E-state index in [1.54, 1.807) is 22.3 Å². The molecule has 3 fully saturated rings. The van der Waals surface area contributed by atoms with Gasteiger partial charge in [-0.25, -0.2) is 9.59 Å². The molecule has 0 saturated carbocycles. The van der Waals surface area contributed by atoms with Crippen molar-refractivity contribution < 1.29 is 19.1 Å². The number of rotatable bonds is 7. The fraction of sp³-hybridized carbons (Fsp3) is 0.606. The molecule has 6 rings (SSSR count). The van der Waals surface area contributed by atoms with Gasteiger partial charge in [0.05, 0.1) is 22.9 Å². The van der Waals surface area contributed by atoms with E-state index in [4.69, 9.17) is 22.1 Å². The first-order chi connectivity index (χ1) is 22.2. The third kappa shape index (κ3) is 7.25. The number of nitrogens with one attached hydrogen (secondary N) is 1. The van der Waals surface area contributed by atoms with Crippen molar-refractivity contribution in [2.24, 2.45) is 0 Å². The molecule has 0 spiro atoms. The van der Waals surface area contributed by atoms with Crippen LogP contribution in [0.25, 0.3) is 0 Å². The van der Waals surface area contributed by atoms with E-state index in [9.17, 15) is 14.4 Å². The summed E-state index contributed by atoms with van der Waals surface area (Å²) < 4.78 is 6.06. The average Bonchev–Trinajstić information content (AvgIpc) is 3.53. The summed E-state index contributed by atoms with van der Waals surface area (Å²) in [6.45, 7) is 8.54. The number of halogens is 1. The molecule has 0 bridgehead atoms. The number of carbonyl (C=O) groups is 3. The molecule has 2 aromatic rings. The van der Waals surface area contributed by atoms with E-state index in [1.165, 1.54) is 0 Å². The zero-order valence-corrected chi connectivity index (χ0v) is 28.5. The minimum absolute atomic E-state index is 0.0276. The van der Waals surface area contributed by atoms with E-state index < -0.39 is 12.2 Å². The molecule has 46 heavy (non-hydrogen) atoms. The van der Waals surface area contributed by atoms with Gasteiger partial charge < -0.3 is 35.4 Å². The molecule has 1 aromatic heterocycles. The van der Waals surface area contributed by atoms with Crippen molar-refractivity contribution in [3.8, 4) is 0 Å². The Morgan fingerprint density at radius 3 is 2.39 bits per heavy atom. The highest BCUT2D eigenvalue weighted by Gasteiger charge is 2.37. The summed E-state index contributed by atoms with van der Waals surface area (Å²) >= 11 is 8.05. The molecule has 4 aliphatic heterocycles. The van der Waals surface area contributed by atoms with Gasteiger partial charge in [0.1, 0.15) is 0 Å². The van der Waals surface area contributed by atoms with Gasteiger partial charge in [0.15, 0.2) is 6.10 Å². The van der Waals surface area contributed by atoms with Gasteiger partial charge in [-0.1, -0.05) is 24.6 Å². The number of benzene rings is 1. The maximum atomic E-state index is 14.0. The van der Waals surface area contributed by atoms with Crippen LogP contribution in [-0.4, -0.2) is 120 Å². The quantitative estimate of drug-likeness (QED) is 0.421. The minimum atomic E-state index is -0.977. The van der Waals surface area contributed by atoms with Crippen molar-refractivity contribution in [3.05, 3.63) is 44.6 Å². The van der Waals surface area contributed by atoms with Crippen molar-refractivity contribution in [3.63, 3.8) is 0 Å². The lowest BCUT2D eigenvalue weighted by Gasteiger charge is -2.43. The van der Waals surface area contributed by atoms with Crippen LogP contribution in [0.3, 0.4) is 0 Å². The molecule has 0 radical (unpaired) electrons. The highest BCUT2D eigenvalue weighted by molar-refractivity contribution is 7.08. The van der Waals surface area contributed by atoms with Gasteiger partial charge in [0.25, 0.3) is 5.91 Å². The Morgan fingerprint density at radius 2 is 1.70 bits per heavy atom. The second kappa shape index (κ2) is 14.4. The van der Waals surface area contributed by atoms with Gasteiger partial charge in [-0.15, -0.1) is 11.3 Å². The Balaban J connectivity index is 1.10. The maximum Gasteiger partial charge on any atom is 0.410 e. The topological polar surface area (TPSA) is 115 Å². The number of piperidine rings is 2. The van der Waals surface area contributed by atoms with Crippen LogP contribution in [0.1, 0.15) is 49.3 Å². The Labute approximate surface area is 280 Å². The van der Waals surface area contributed by atoms with Crippen molar-refractivity contribution in [2.75, 3.05) is 70.5 Å². The number of hydrogen-bond donors (Lipinski definition) is 2. The van der Waals surface area contributed by atoms with E-state index in [2.05, 4.69) is 27.5 Å². The van der Waals surface area contributed by atoms with Crippen LogP contribution in [0, 0.1) is 0 Å². The van der Waals surface area contributed by atoms with Crippen LogP contribution in [0.4, 0.5) is 21.0 Å². The summed E-state index contributed by atoms with van der Waals surface area (Å²) in [7, 11) is 2.17. The summed E-state index contributed by atoms with van der Waals surface area (Å²) in [4.78, 5) is 50.6. The minimum Gasteiger partial charge on any atom is -0.436 e. The van der Waals surface area contributed by atoms with Crippen LogP contribution >= 0.6 is 22.9 Å². The van der Waals surface area contributed by atoms with Gasteiger partial charge in [0.2, 0.25) is 0 Å². The molecule has 0 unspecified atom stereocenters. The predicted octanol–water partition coefficient (Wildman–Crippen LogP) is 4.34. The number of urea groups is 1. The second-order valence-electron chi connectivity index (χ2n) is 13.1. The zero-order valence-electron chi connectivity index (χ0n) is 26.9. The molecule has 3 N–H and O–H groups in total. The smallest absolute Gasteiger partial charge is 0.410 e. The number of likely N-dealkylation sites (tertiary alicyclic amines) is 2. The van der Waals surface area contributed by atoms with Gasteiger partial charge in [-0.3, -0.25) is 9.69 Å². The monoisotopic (exact) mass is 671 g/mol. The van der Waals surface area contributed by atoms with E-state index >= 15 is 0 Å². The standard InChI is InChI=1S/C33H46ClN7O4S/c1-3-23-16-22(17-27(34)30(23)35)18-29(31(42)39-14-12-38(13-15-39)25-4-8-37(2)9-5-25)45-33(44)40-10-6-26(7-11-40)41-19-24-20-46-21-28(24)36-32(41)43/h16-17,20-21,25-26,29H,3-15,18-19,35H2,1-2H3,(H,36,43)/t29-/m1/s1. The molecule has 4 amide bonds. The Hall–Kier alpha value is -3.06. The van der Waals surface area contributed by atoms with Crippen LogP contribution in [0.5, 0.6) is 0 Å². The molecular formula is C33H46ClN7O4S. The van der Waals surface area contributed by atoms with Gasteiger partial charge >= 0.3 is 12.1 Å². The summed E-state index contributed by atoms with van der Waals surface area (Å²) in [5, 5.41) is 7.45. The number of nitrogen functional groups attached to an aromatic ring is 1. The number of hydrogen-bond acceptors (Lipinski definition) is 8. The number of nitrogens with zero attached hydrogens (tertiary/aromatic N) is 5. The summed E-state index contributed by atoms with van der Waals surface area (Å²) in [5.74, 6) is -0.172. The lowest BCUT2D eigenvalue weighted by molar-refractivity contribution is -0.143. The van der Waals surface area contributed by atoms with Crippen molar-refractivity contribution in [1.82, 2.24) is 24.5 Å². The predicted molar refractivity (Wildman–Crippen MR) is 181 cm³/mol. The van der Waals surface area contributed by atoms with Crippen LogP contribution in [-0.2, 0) is 28.9 Å². The number of amides is 4. The van der Waals surface area contributed by atoms with Crippen molar-refractivity contribution >= 4 is 52.3 Å². The molecule has 3 saturated heterocycles. The van der Waals surface area contributed by atoms with Gasteiger partial charge in [-0.05, 0) is 74.8 Å². The van der Waals surface area contributed by atoms with E-state index in [0.717, 1.165) is 61.4 Å². The molecule has 1 atom stereocenters. The fourth-order valence-electron chi connectivity index (χ4n) is 7.26. The molecule has 13 heteroatoms. The number of nitrogens with two attached hydrogens (primary N) is 1. The number of aryl methyl sites for hydroxylation is 1. The van der Waals surface area contributed by atoms with E-state index in [0.29, 0.717) is 68.7 Å². The van der Waals surface area contributed by atoms with Gasteiger partial charge in [-0.2, -0.15) is 0 Å². The highest BCUT2D eigenvalue weighted by atomic mass is 35.5. The molecule has 5 heterocycles. The third-order valence-corrected chi connectivity index (χ3v) is 11.3. The number of carbonyl (C=O) groups excluding carboxylic acids is 3. The Kier molecular flexibility index (Phi) is 10.3. The molecule has 250 valence electrons. The third-order valence-electron chi connectivity index (χ3n) is 10.2. The van der Waals surface area contributed by atoms with Crippen LogP contribution < -0.4 is 11.1 Å². The molecular weight excluding hydrogens is 626 g/mol. The summed E-state index contributed by atoms with van der Waals surface area (Å²) in [6, 6.07) is 4.22. The van der Waals surface area contributed by atoms with Crippen molar-refractivity contribution in [2.45, 2.75) is 70.2 Å². The Bertz CT molecular complexity index is 1410. The van der Waals surface area contributed by atoms with E-state index in [1.807, 2.05) is 28.2 Å². The average molecular weight is 672 g/mol. The zero-order chi connectivity index (χ0) is 32.4. The number of thiophene rings is 1. The van der Waals surface area contributed by atoms with Crippen LogP contribution in [0.15, 0.2) is 22.9 Å². The summed E-state index contributed by atoms with van der Waals surface area (Å²) in [6.07, 6.45) is 3.04. The first-order valence-electron chi connectivity index (χ1n) is 16.6. The molecule has 11 nitrogen and oxygen atoms in total. The second-order valence-corrected chi connectivity index (χ2v) is 14.2. The SMILES string of the molecule is CCc1cc(C[C@@H](OC(=O)N2CCC(N3Cc4cscc4NC3=O)CC2)C(=O)N2CCN(C3CCN(C)CC3)CC2)cc(Cl)c1N. The number of piperazine rings is 1. The number of fused-ring (bicyclic) bond motifs is 1. The Morgan fingerprint density at radius 1 is 1.00 bits per heavy atom. The highest BCUT2D eigenvalue weighted by Crippen LogP contribution is 2.31. The maximum absolute atomic E-state index is 14.0. The molecule has 1 aromatic carbocycles. The molecule has 0 aliphatic carbocycles. The normalized spacial score (nSPS) is 21.2. The fourth-order valence-corrected chi connectivity index (χ4v) is 8.30. The lowest BCUT2D eigenvalue weighted by Crippen LogP contribution is -2.56. The first-order valence-corrected chi connectivity index (χ1v) is 17.9. The number of ether oxygens (including phenoxy) is 1. The molecule has 4 aliphatic rings. The van der Waals surface area contributed by atoms with Gasteiger partial charge in [0, 0.05) is 68.7 Å². The van der Waals surface area contributed by atoms with Crippen LogP contribution in [0.2, 0.25) is 5.02 Å². The summed E-state index contributed by atoms with van der Waals surface area (Å²) in [5.41, 5.74) is 10.5. The largest absolute Gasteiger partial charge is 0.436 e. The van der Waals surface area contributed by atoms with Crippen molar-refractivity contribution in [1.29, 1.82) is 0 Å². The first kappa shape index (κ1) is 32.9. The van der Waals surface area contributed by atoms with E-state index in [-0.39, 0.29) is 24.4 Å².